The molecule has 1 aliphatic rings. The quantitative estimate of drug-likeness (QED) is 0.921. The first-order chi connectivity index (χ1) is 11.1. The number of benzene rings is 1. The van der Waals surface area contributed by atoms with Gasteiger partial charge in [0.2, 0.25) is 5.91 Å². The number of rotatable bonds is 5. The number of aromatic nitrogens is 2. The van der Waals surface area contributed by atoms with Gasteiger partial charge in [-0.25, -0.2) is 0 Å². The first-order valence-electron chi connectivity index (χ1n) is 8.22. The minimum absolute atomic E-state index is 0.0871. The minimum Gasteiger partial charge on any atom is -0.368 e. The van der Waals surface area contributed by atoms with Crippen LogP contribution in [0.2, 0.25) is 0 Å². The second-order valence-electron chi connectivity index (χ2n) is 6.26. The largest absolute Gasteiger partial charge is 0.368 e. The number of hydrogen-bond donors (Lipinski definition) is 1. The molecule has 2 aromatic rings. The molecule has 1 amide bonds. The Morgan fingerprint density at radius 2 is 2.22 bits per heavy atom. The molecule has 0 fully saturated rings. The first kappa shape index (κ1) is 15.6. The number of hydrogen-bond acceptors (Lipinski definition) is 3. The third kappa shape index (κ3) is 3.73. The van der Waals surface area contributed by atoms with Crippen molar-refractivity contribution in [3.8, 4) is 0 Å². The number of carbonyl (C=O) groups excluding carboxylic acids is 1. The van der Waals surface area contributed by atoms with E-state index in [4.69, 9.17) is 0 Å². The van der Waals surface area contributed by atoms with Gasteiger partial charge in [0.1, 0.15) is 0 Å². The van der Waals surface area contributed by atoms with E-state index in [9.17, 15) is 4.79 Å². The Morgan fingerprint density at radius 3 is 3.00 bits per heavy atom. The number of amides is 1. The van der Waals surface area contributed by atoms with Gasteiger partial charge < -0.3 is 10.2 Å². The van der Waals surface area contributed by atoms with Gasteiger partial charge in [-0.1, -0.05) is 18.2 Å². The molecule has 0 bridgehead atoms. The molecule has 1 N–H and O–H groups in total. The highest BCUT2D eigenvalue weighted by molar-refractivity contribution is 5.76. The van der Waals surface area contributed by atoms with Gasteiger partial charge in [0.05, 0.1) is 6.20 Å². The Morgan fingerprint density at radius 1 is 1.39 bits per heavy atom. The number of para-hydroxylation sites is 1. The molecule has 0 saturated heterocycles. The molecule has 0 saturated carbocycles. The van der Waals surface area contributed by atoms with Crippen LogP contribution in [0.25, 0.3) is 0 Å². The third-order valence-corrected chi connectivity index (χ3v) is 4.49. The number of carbonyl (C=O) groups is 1. The van der Waals surface area contributed by atoms with Gasteiger partial charge in [0.15, 0.2) is 0 Å². The first-order valence-corrected chi connectivity index (χ1v) is 8.22. The number of anilines is 1. The van der Waals surface area contributed by atoms with Crippen molar-refractivity contribution in [3.05, 3.63) is 47.8 Å². The van der Waals surface area contributed by atoms with Gasteiger partial charge in [-0.05, 0) is 31.4 Å². The monoisotopic (exact) mass is 312 g/mol. The Balaban J connectivity index is 1.54. The lowest BCUT2D eigenvalue weighted by molar-refractivity contribution is -0.121. The fourth-order valence-corrected chi connectivity index (χ4v) is 3.18. The molecule has 1 aliphatic heterocycles. The molecule has 0 aliphatic carbocycles. The van der Waals surface area contributed by atoms with Crippen LogP contribution in [0.15, 0.2) is 36.7 Å². The van der Waals surface area contributed by atoms with Crippen molar-refractivity contribution in [2.75, 3.05) is 11.4 Å². The van der Waals surface area contributed by atoms with Gasteiger partial charge in [0.25, 0.3) is 0 Å². The summed E-state index contributed by atoms with van der Waals surface area (Å²) in [6.07, 6.45) is 6.49. The molecule has 1 aromatic carbocycles. The van der Waals surface area contributed by atoms with Crippen molar-refractivity contribution >= 4 is 11.6 Å². The van der Waals surface area contributed by atoms with E-state index in [2.05, 4.69) is 46.5 Å². The second-order valence-corrected chi connectivity index (χ2v) is 6.26. The topological polar surface area (TPSA) is 50.2 Å². The standard InChI is InChI=1S/C18H24N4O/c1-14-7-8-16-5-3-4-6-17(16)22(14)10-9-18(23)19-11-15-12-20-21(2)13-15/h3-6,12-14H,7-11H2,1-2H3,(H,19,23). The van der Waals surface area contributed by atoms with Gasteiger partial charge in [0, 0.05) is 50.0 Å². The van der Waals surface area contributed by atoms with Gasteiger partial charge in [-0.3, -0.25) is 9.48 Å². The molecule has 1 atom stereocenters. The fourth-order valence-electron chi connectivity index (χ4n) is 3.18. The van der Waals surface area contributed by atoms with E-state index < -0.39 is 0 Å². The van der Waals surface area contributed by atoms with Crippen molar-refractivity contribution in [3.63, 3.8) is 0 Å². The zero-order chi connectivity index (χ0) is 16.2. The fraction of sp³-hybridized carbons (Fsp3) is 0.444. The summed E-state index contributed by atoms with van der Waals surface area (Å²) in [5.74, 6) is 0.0871. The molecular weight excluding hydrogens is 288 g/mol. The summed E-state index contributed by atoms with van der Waals surface area (Å²) in [4.78, 5) is 14.5. The van der Waals surface area contributed by atoms with E-state index in [1.165, 1.54) is 11.3 Å². The molecule has 1 aromatic heterocycles. The van der Waals surface area contributed by atoms with E-state index in [1.54, 1.807) is 10.9 Å². The smallest absolute Gasteiger partial charge is 0.222 e. The molecule has 3 rings (SSSR count). The third-order valence-electron chi connectivity index (χ3n) is 4.49. The normalized spacial score (nSPS) is 17.0. The average Bonchev–Trinajstić information content (AvgIpc) is 2.97. The zero-order valence-corrected chi connectivity index (χ0v) is 13.8. The molecule has 23 heavy (non-hydrogen) atoms. The van der Waals surface area contributed by atoms with Crippen LogP contribution in [0.5, 0.6) is 0 Å². The summed E-state index contributed by atoms with van der Waals surface area (Å²) in [5.41, 5.74) is 3.70. The van der Waals surface area contributed by atoms with Crippen LogP contribution in [0, 0.1) is 0 Å². The summed E-state index contributed by atoms with van der Waals surface area (Å²) in [5, 5.41) is 7.08. The summed E-state index contributed by atoms with van der Waals surface area (Å²) in [6.45, 7) is 3.54. The van der Waals surface area contributed by atoms with Crippen molar-refractivity contribution in [1.29, 1.82) is 0 Å². The molecule has 122 valence electrons. The highest BCUT2D eigenvalue weighted by Gasteiger charge is 2.22. The van der Waals surface area contributed by atoms with Crippen LogP contribution in [0.1, 0.15) is 30.9 Å². The van der Waals surface area contributed by atoms with Crippen molar-refractivity contribution in [2.24, 2.45) is 7.05 Å². The van der Waals surface area contributed by atoms with Crippen LogP contribution in [-0.2, 0) is 24.8 Å². The number of fused-ring (bicyclic) bond motifs is 1. The average molecular weight is 312 g/mol. The van der Waals surface area contributed by atoms with E-state index >= 15 is 0 Å². The Bertz CT molecular complexity index is 679. The van der Waals surface area contributed by atoms with Crippen LogP contribution in [-0.4, -0.2) is 28.3 Å². The molecule has 5 nitrogen and oxygen atoms in total. The summed E-state index contributed by atoms with van der Waals surface area (Å²) < 4.78 is 1.74. The summed E-state index contributed by atoms with van der Waals surface area (Å²) >= 11 is 0. The molecule has 5 heteroatoms. The highest BCUT2D eigenvalue weighted by atomic mass is 16.1. The van der Waals surface area contributed by atoms with Crippen molar-refractivity contribution in [1.82, 2.24) is 15.1 Å². The van der Waals surface area contributed by atoms with Crippen LogP contribution in [0.4, 0.5) is 5.69 Å². The maximum absolute atomic E-state index is 12.1. The Hall–Kier alpha value is -2.30. The Kier molecular flexibility index (Phi) is 4.65. The lowest BCUT2D eigenvalue weighted by Gasteiger charge is -2.37. The van der Waals surface area contributed by atoms with Crippen molar-refractivity contribution in [2.45, 2.75) is 38.8 Å². The molecule has 0 spiro atoms. The van der Waals surface area contributed by atoms with Gasteiger partial charge in [-0.15, -0.1) is 0 Å². The van der Waals surface area contributed by atoms with E-state index in [-0.39, 0.29) is 5.91 Å². The van der Waals surface area contributed by atoms with E-state index in [0.29, 0.717) is 19.0 Å². The summed E-state index contributed by atoms with van der Waals surface area (Å²) in [7, 11) is 1.88. The maximum Gasteiger partial charge on any atom is 0.222 e. The van der Waals surface area contributed by atoms with Crippen LogP contribution in [0.3, 0.4) is 0 Å². The van der Waals surface area contributed by atoms with Crippen LogP contribution >= 0.6 is 0 Å². The summed E-state index contributed by atoms with van der Waals surface area (Å²) in [6, 6.07) is 9.01. The molecular formula is C18H24N4O. The second kappa shape index (κ2) is 6.86. The number of nitrogens with one attached hydrogen (secondary N) is 1. The van der Waals surface area contributed by atoms with Crippen LogP contribution < -0.4 is 10.2 Å². The molecule has 0 radical (unpaired) electrons. The van der Waals surface area contributed by atoms with E-state index in [1.807, 2.05) is 13.2 Å². The minimum atomic E-state index is 0.0871. The van der Waals surface area contributed by atoms with Crippen molar-refractivity contribution < 1.29 is 4.79 Å². The number of aryl methyl sites for hydroxylation is 2. The Labute approximate surface area is 137 Å². The van der Waals surface area contributed by atoms with Gasteiger partial charge >= 0.3 is 0 Å². The predicted molar refractivity (Wildman–Crippen MR) is 91.2 cm³/mol. The zero-order valence-electron chi connectivity index (χ0n) is 13.8. The highest BCUT2D eigenvalue weighted by Crippen LogP contribution is 2.30. The maximum atomic E-state index is 12.1. The molecule has 1 unspecified atom stereocenters. The lowest BCUT2D eigenvalue weighted by atomic mass is 9.96. The van der Waals surface area contributed by atoms with E-state index in [0.717, 1.165) is 24.9 Å². The lowest BCUT2D eigenvalue weighted by Crippen LogP contribution is -2.39. The number of nitrogens with zero attached hydrogens (tertiary/aromatic N) is 3. The molecule has 2 heterocycles. The SMILES string of the molecule is CC1CCc2ccccc2N1CCC(=O)NCc1cnn(C)c1. The predicted octanol–water partition coefficient (Wildman–Crippen LogP) is 2.27. The van der Waals surface area contributed by atoms with Gasteiger partial charge in [-0.2, -0.15) is 5.10 Å².